The summed E-state index contributed by atoms with van der Waals surface area (Å²) in [6.07, 6.45) is 1.23. The quantitative estimate of drug-likeness (QED) is 0.271. The van der Waals surface area contributed by atoms with Crippen molar-refractivity contribution in [1.29, 1.82) is 0 Å². The predicted octanol–water partition coefficient (Wildman–Crippen LogP) is -1.47. The molecule has 1 rings (SSSR count). The molecule has 0 radical (unpaired) electrons. The first kappa shape index (κ1) is 23.5. The largest absolute Gasteiger partial charge is 0.351 e. The summed E-state index contributed by atoms with van der Waals surface area (Å²) >= 11 is 0. The average Bonchev–Trinajstić information content (AvgIpc) is 2.67. The van der Waals surface area contributed by atoms with Gasteiger partial charge in [-0.25, -0.2) is 4.98 Å². The fourth-order valence-electron chi connectivity index (χ4n) is 2.18. The van der Waals surface area contributed by atoms with E-state index in [0.29, 0.717) is 52.1 Å². The molecule has 28 heavy (non-hydrogen) atoms. The van der Waals surface area contributed by atoms with Crippen LogP contribution in [0.1, 0.15) is 44.2 Å². The molecule has 7 N–H and O–H groups in total. The number of amides is 3. The average molecular weight is 393 g/mol. The van der Waals surface area contributed by atoms with Crippen LogP contribution in [0, 0.1) is 0 Å². The van der Waals surface area contributed by atoms with Crippen LogP contribution in [0.5, 0.6) is 0 Å². The molecule has 1 aromatic rings. The fraction of sp³-hybridized carbons (Fsp3) is 0.556. The highest BCUT2D eigenvalue weighted by Crippen LogP contribution is 2.08. The summed E-state index contributed by atoms with van der Waals surface area (Å²) < 4.78 is 0. The van der Waals surface area contributed by atoms with E-state index in [-0.39, 0.29) is 22.9 Å². The number of pyridine rings is 1. The van der Waals surface area contributed by atoms with E-state index in [4.69, 9.17) is 11.5 Å². The first-order valence-electron chi connectivity index (χ1n) is 9.30. The van der Waals surface area contributed by atoms with E-state index < -0.39 is 11.8 Å². The van der Waals surface area contributed by atoms with E-state index in [1.807, 2.05) is 19.0 Å². The highest BCUT2D eigenvalue weighted by Gasteiger charge is 2.17. The van der Waals surface area contributed by atoms with Crippen molar-refractivity contribution in [3.63, 3.8) is 0 Å². The molecule has 0 aliphatic carbocycles. The maximum Gasteiger partial charge on any atom is 0.269 e. The standard InChI is InChI=1S/C18H31N7O3/c1-25(2)10-9-23-16(26)13-11-14(17(27)21-7-3-5-19)24-15(12-13)18(28)22-8-4-6-20/h11-12H,3-10,19-20H2,1-2H3,(H,21,27)(H,22,28)(H,23,26). The van der Waals surface area contributed by atoms with Crippen LogP contribution in [0.25, 0.3) is 0 Å². The topological polar surface area (TPSA) is 155 Å². The van der Waals surface area contributed by atoms with E-state index in [1.54, 1.807) is 0 Å². The van der Waals surface area contributed by atoms with Crippen LogP contribution < -0.4 is 27.4 Å². The van der Waals surface area contributed by atoms with Crippen molar-refractivity contribution in [3.05, 3.63) is 29.1 Å². The summed E-state index contributed by atoms with van der Waals surface area (Å²) in [5.74, 6) is -1.31. The van der Waals surface area contributed by atoms with Gasteiger partial charge >= 0.3 is 0 Å². The molecule has 156 valence electrons. The molecule has 0 bridgehead atoms. The summed E-state index contributed by atoms with van der Waals surface area (Å²) in [5, 5.41) is 8.11. The van der Waals surface area contributed by atoms with Crippen molar-refractivity contribution in [2.45, 2.75) is 12.8 Å². The molecule has 0 aromatic carbocycles. The summed E-state index contributed by atoms with van der Waals surface area (Å²) in [6.45, 7) is 2.75. The van der Waals surface area contributed by atoms with Crippen molar-refractivity contribution in [3.8, 4) is 0 Å². The zero-order valence-corrected chi connectivity index (χ0v) is 16.6. The normalized spacial score (nSPS) is 10.6. The lowest BCUT2D eigenvalue weighted by atomic mass is 10.1. The van der Waals surface area contributed by atoms with Gasteiger partial charge in [-0.2, -0.15) is 0 Å². The Bertz CT molecular complexity index is 624. The highest BCUT2D eigenvalue weighted by atomic mass is 16.2. The Morgan fingerprint density at radius 1 is 0.857 bits per heavy atom. The molecule has 0 saturated carbocycles. The minimum absolute atomic E-state index is 0.00116. The van der Waals surface area contributed by atoms with Crippen molar-refractivity contribution in [1.82, 2.24) is 25.8 Å². The number of nitrogens with one attached hydrogen (secondary N) is 3. The number of aromatic nitrogens is 1. The van der Waals surface area contributed by atoms with Crippen molar-refractivity contribution < 1.29 is 14.4 Å². The lowest BCUT2D eigenvalue weighted by Gasteiger charge is -2.12. The van der Waals surface area contributed by atoms with Gasteiger partial charge in [-0.15, -0.1) is 0 Å². The second-order valence-electron chi connectivity index (χ2n) is 6.48. The highest BCUT2D eigenvalue weighted by molar-refractivity contribution is 6.02. The molecular weight excluding hydrogens is 362 g/mol. The number of rotatable bonds is 12. The molecule has 0 spiro atoms. The Kier molecular flexibility index (Phi) is 10.7. The molecule has 1 heterocycles. The van der Waals surface area contributed by atoms with Crippen LogP contribution >= 0.6 is 0 Å². The molecule has 0 aliphatic heterocycles. The predicted molar refractivity (Wildman–Crippen MR) is 107 cm³/mol. The number of carbonyl (C=O) groups excluding carboxylic acids is 3. The van der Waals surface area contributed by atoms with E-state index >= 15 is 0 Å². The van der Waals surface area contributed by atoms with E-state index in [2.05, 4.69) is 20.9 Å². The monoisotopic (exact) mass is 393 g/mol. The van der Waals surface area contributed by atoms with Gasteiger partial charge in [0.15, 0.2) is 0 Å². The van der Waals surface area contributed by atoms with Gasteiger partial charge in [-0.05, 0) is 52.2 Å². The van der Waals surface area contributed by atoms with E-state index in [1.165, 1.54) is 12.1 Å². The SMILES string of the molecule is CN(C)CCNC(=O)c1cc(C(=O)NCCCN)nc(C(=O)NCCCN)c1. The number of carbonyl (C=O) groups is 3. The molecule has 10 heteroatoms. The lowest BCUT2D eigenvalue weighted by molar-refractivity contribution is 0.0944. The van der Waals surface area contributed by atoms with Crippen molar-refractivity contribution in [2.24, 2.45) is 11.5 Å². The molecule has 0 atom stereocenters. The molecule has 0 fully saturated rings. The van der Waals surface area contributed by atoms with Gasteiger partial charge in [-0.1, -0.05) is 0 Å². The Morgan fingerprint density at radius 2 is 1.32 bits per heavy atom. The Hall–Kier alpha value is -2.56. The smallest absolute Gasteiger partial charge is 0.269 e. The maximum absolute atomic E-state index is 12.4. The summed E-state index contributed by atoms with van der Waals surface area (Å²) in [6, 6.07) is 2.75. The Labute approximate surface area is 165 Å². The molecule has 3 amide bonds. The molecule has 10 nitrogen and oxygen atoms in total. The zero-order valence-electron chi connectivity index (χ0n) is 16.6. The molecule has 1 aromatic heterocycles. The Balaban J connectivity index is 3.00. The summed E-state index contributed by atoms with van der Waals surface area (Å²) in [7, 11) is 3.79. The minimum Gasteiger partial charge on any atom is -0.351 e. The van der Waals surface area contributed by atoms with Gasteiger partial charge in [0.25, 0.3) is 17.7 Å². The molecular formula is C18H31N7O3. The Morgan fingerprint density at radius 3 is 1.75 bits per heavy atom. The van der Waals surface area contributed by atoms with Crippen molar-refractivity contribution in [2.75, 3.05) is 53.4 Å². The summed E-state index contributed by atoms with van der Waals surface area (Å²) in [5.41, 5.74) is 11.0. The van der Waals surface area contributed by atoms with Crippen LogP contribution in [0.15, 0.2) is 12.1 Å². The van der Waals surface area contributed by atoms with Crippen LogP contribution in [0.2, 0.25) is 0 Å². The number of nitrogens with two attached hydrogens (primary N) is 2. The second-order valence-corrected chi connectivity index (χ2v) is 6.48. The van der Waals surface area contributed by atoms with Gasteiger partial charge < -0.3 is 32.3 Å². The fourth-order valence-corrected chi connectivity index (χ4v) is 2.18. The van der Waals surface area contributed by atoms with Gasteiger partial charge in [0.1, 0.15) is 11.4 Å². The van der Waals surface area contributed by atoms with Crippen LogP contribution in [-0.2, 0) is 0 Å². The van der Waals surface area contributed by atoms with Gasteiger partial charge in [0.2, 0.25) is 0 Å². The summed E-state index contributed by atoms with van der Waals surface area (Å²) in [4.78, 5) is 43.1. The third-order valence-electron chi connectivity index (χ3n) is 3.73. The molecule has 0 unspecified atom stereocenters. The van der Waals surface area contributed by atoms with Crippen LogP contribution in [0.3, 0.4) is 0 Å². The third-order valence-corrected chi connectivity index (χ3v) is 3.73. The first-order valence-corrected chi connectivity index (χ1v) is 9.30. The van der Waals surface area contributed by atoms with Gasteiger partial charge in [-0.3, -0.25) is 14.4 Å². The van der Waals surface area contributed by atoms with Crippen molar-refractivity contribution >= 4 is 17.7 Å². The van der Waals surface area contributed by atoms with Gasteiger partial charge in [0.05, 0.1) is 0 Å². The number of hydrogen-bond donors (Lipinski definition) is 5. The number of nitrogens with zero attached hydrogens (tertiary/aromatic N) is 2. The number of hydrogen-bond acceptors (Lipinski definition) is 7. The van der Waals surface area contributed by atoms with Crippen LogP contribution in [-0.4, -0.2) is 81.0 Å². The second kappa shape index (κ2) is 12.8. The van der Waals surface area contributed by atoms with E-state index in [9.17, 15) is 14.4 Å². The zero-order chi connectivity index (χ0) is 20.9. The van der Waals surface area contributed by atoms with Gasteiger partial charge in [0, 0.05) is 31.7 Å². The first-order chi connectivity index (χ1) is 13.4. The maximum atomic E-state index is 12.4. The number of likely N-dealkylation sites (N-methyl/N-ethyl adjacent to an activating group) is 1. The van der Waals surface area contributed by atoms with E-state index in [0.717, 1.165) is 0 Å². The molecule has 0 saturated heterocycles. The molecule has 0 aliphatic rings. The third kappa shape index (κ3) is 8.42. The van der Waals surface area contributed by atoms with Crippen LogP contribution in [0.4, 0.5) is 0 Å². The lowest BCUT2D eigenvalue weighted by Crippen LogP contribution is -2.33. The minimum atomic E-state index is -0.465.